The summed E-state index contributed by atoms with van der Waals surface area (Å²) in [5, 5.41) is 26.2. The zero-order chi connectivity index (χ0) is 21.6. The molecule has 0 radical (unpaired) electrons. The molecule has 2 atom stereocenters. The molecule has 2 aromatic rings. The molecule has 2 aromatic heterocycles. The van der Waals surface area contributed by atoms with Crippen LogP contribution in [0.25, 0.3) is 0 Å². The Morgan fingerprint density at radius 3 is 2.62 bits per heavy atom. The van der Waals surface area contributed by atoms with Gasteiger partial charge in [0.15, 0.2) is 17.5 Å². The smallest absolute Gasteiger partial charge is 0.404 e. The van der Waals surface area contributed by atoms with E-state index in [2.05, 4.69) is 25.9 Å². The van der Waals surface area contributed by atoms with E-state index in [1.54, 1.807) is 6.92 Å². The van der Waals surface area contributed by atoms with Crippen LogP contribution in [0, 0.1) is 29.9 Å². The minimum atomic E-state index is -1.19. The maximum Gasteiger partial charge on any atom is 0.404 e. The summed E-state index contributed by atoms with van der Waals surface area (Å²) in [5.41, 5.74) is 0.395. The number of aromatic nitrogens is 2. The molecule has 10 heteroatoms. The quantitative estimate of drug-likeness (QED) is 0.526. The summed E-state index contributed by atoms with van der Waals surface area (Å²) in [5.74, 6) is -1.42. The van der Waals surface area contributed by atoms with Gasteiger partial charge in [0.05, 0.1) is 23.1 Å². The molecule has 8 nitrogen and oxygen atoms in total. The van der Waals surface area contributed by atoms with Gasteiger partial charge in [0.25, 0.3) is 0 Å². The molecule has 4 N–H and O–H groups in total. The highest BCUT2D eigenvalue weighted by molar-refractivity contribution is 5.66. The Kier molecular flexibility index (Phi) is 7.25. The minimum absolute atomic E-state index is 0.0237. The summed E-state index contributed by atoms with van der Waals surface area (Å²) in [6, 6.07) is 3.09. The molecule has 29 heavy (non-hydrogen) atoms. The van der Waals surface area contributed by atoms with Gasteiger partial charge in [-0.15, -0.1) is 0 Å². The molecule has 0 aliphatic carbocycles. The molecule has 154 valence electrons. The van der Waals surface area contributed by atoms with Crippen LogP contribution < -0.4 is 16.0 Å². The number of halogens is 2. The summed E-state index contributed by atoms with van der Waals surface area (Å²) in [7, 11) is 0. The number of aryl methyl sites for hydroxylation is 1. The van der Waals surface area contributed by atoms with Crippen LogP contribution in [0.5, 0.6) is 0 Å². The number of nitriles is 1. The van der Waals surface area contributed by atoms with Crippen LogP contribution in [0.4, 0.5) is 30.9 Å². The number of hydrogen-bond acceptors (Lipinski definition) is 6. The largest absolute Gasteiger partial charge is 0.465 e. The van der Waals surface area contributed by atoms with Crippen LogP contribution >= 0.6 is 0 Å². The first-order valence-electron chi connectivity index (χ1n) is 9.01. The Balaban J connectivity index is 2.34. The van der Waals surface area contributed by atoms with Crippen LogP contribution in [0.2, 0.25) is 0 Å². The van der Waals surface area contributed by atoms with Gasteiger partial charge in [0.1, 0.15) is 11.9 Å². The molecule has 0 bridgehead atoms. The van der Waals surface area contributed by atoms with Crippen molar-refractivity contribution in [2.75, 3.05) is 10.6 Å². The van der Waals surface area contributed by atoms with E-state index in [9.17, 15) is 18.8 Å². The number of carboxylic acid groups (broad SMARTS) is 1. The van der Waals surface area contributed by atoms with Crippen LogP contribution in [-0.4, -0.2) is 33.3 Å². The number of nitrogens with zero attached hydrogens (tertiary/aromatic N) is 3. The van der Waals surface area contributed by atoms with Gasteiger partial charge >= 0.3 is 6.09 Å². The van der Waals surface area contributed by atoms with Gasteiger partial charge in [-0.3, -0.25) is 4.98 Å². The molecule has 0 aromatic carbocycles. The van der Waals surface area contributed by atoms with Gasteiger partial charge < -0.3 is 21.1 Å². The zero-order valence-corrected chi connectivity index (χ0v) is 16.3. The van der Waals surface area contributed by atoms with Crippen molar-refractivity contribution in [3.63, 3.8) is 0 Å². The molecule has 0 fully saturated rings. The fourth-order valence-electron chi connectivity index (χ4n) is 2.71. The summed E-state index contributed by atoms with van der Waals surface area (Å²) < 4.78 is 28.2. The molecule has 2 heterocycles. The SMILES string of the molecule is CCC[C@H](Nc1nc(Nc2cnc(C)c(F)c2)c(C#N)cc1F)[C@H](C)NC(=O)O. The summed E-state index contributed by atoms with van der Waals surface area (Å²) in [6.45, 7) is 5.08. The van der Waals surface area contributed by atoms with E-state index < -0.39 is 29.8 Å². The predicted molar refractivity (Wildman–Crippen MR) is 104 cm³/mol. The highest BCUT2D eigenvalue weighted by Gasteiger charge is 2.21. The van der Waals surface area contributed by atoms with Gasteiger partial charge in [0, 0.05) is 18.2 Å². The summed E-state index contributed by atoms with van der Waals surface area (Å²) in [4.78, 5) is 18.9. The Labute approximate surface area is 167 Å². The topological polar surface area (TPSA) is 123 Å². The van der Waals surface area contributed by atoms with Gasteiger partial charge in [-0.25, -0.2) is 18.6 Å². The highest BCUT2D eigenvalue weighted by atomic mass is 19.1. The molecular formula is C19H22F2N6O2. The Morgan fingerprint density at radius 1 is 1.31 bits per heavy atom. The van der Waals surface area contributed by atoms with Crippen molar-refractivity contribution in [3.05, 3.63) is 41.2 Å². The summed E-state index contributed by atoms with van der Waals surface area (Å²) >= 11 is 0. The third kappa shape index (κ3) is 5.75. The average molecular weight is 404 g/mol. The monoisotopic (exact) mass is 404 g/mol. The molecule has 0 aliphatic rings. The fraction of sp³-hybridized carbons (Fsp3) is 0.368. The molecule has 0 spiro atoms. The number of hydrogen-bond donors (Lipinski definition) is 4. The number of rotatable bonds is 8. The van der Waals surface area contributed by atoms with Crippen molar-refractivity contribution >= 4 is 23.4 Å². The lowest BCUT2D eigenvalue weighted by Crippen LogP contribution is -2.44. The number of nitrogens with one attached hydrogen (secondary N) is 3. The Hall–Kier alpha value is -3.48. The van der Waals surface area contributed by atoms with E-state index in [1.807, 2.05) is 13.0 Å². The number of anilines is 3. The van der Waals surface area contributed by atoms with E-state index in [0.717, 1.165) is 12.5 Å². The molecule has 1 amide bonds. The second-order valence-corrected chi connectivity index (χ2v) is 6.52. The molecular weight excluding hydrogens is 382 g/mol. The maximum absolute atomic E-state index is 14.5. The van der Waals surface area contributed by atoms with Gasteiger partial charge in [-0.2, -0.15) is 5.26 Å². The molecule has 0 unspecified atom stereocenters. The van der Waals surface area contributed by atoms with E-state index in [1.165, 1.54) is 19.2 Å². The van der Waals surface area contributed by atoms with E-state index >= 15 is 0 Å². The van der Waals surface area contributed by atoms with Gasteiger partial charge in [-0.1, -0.05) is 13.3 Å². The Bertz CT molecular complexity index is 932. The van der Waals surface area contributed by atoms with Crippen molar-refractivity contribution in [2.24, 2.45) is 0 Å². The third-order valence-corrected chi connectivity index (χ3v) is 4.26. The lowest BCUT2D eigenvalue weighted by Gasteiger charge is -2.25. The summed E-state index contributed by atoms with van der Waals surface area (Å²) in [6.07, 6.45) is 1.46. The van der Waals surface area contributed by atoms with Crippen molar-refractivity contribution in [2.45, 2.75) is 45.7 Å². The van der Waals surface area contributed by atoms with E-state index in [0.29, 0.717) is 6.42 Å². The second-order valence-electron chi connectivity index (χ2n) is 6.52. The van der Waals surface area contributed by atoms with Gasteiger partial charge in [-0.05, 0) is 26.3 Å². The fourth-order valence-corrected chi connectivity index (χ4v) is 2.71. The lowest BCUT2D eigenvalue weighted by molar-refractivity contribution is 0.189. The van der Waals surface area contributed by atoms with Crippen molar-refractivity contribution in [1.29, 1.82) is 5.26 Å². The number of amides is 1. The first-order chi connectivity index (χ1) is 13.7. The van der Waals surface area contributed by atoms with E-state index in [-0.39, 0.29) is 28.6 Å². The van der Waals surface area contributed by atoms with Gasteiger partial charge in [0.2, 0.25) is 0 Å². The molecule has 0 saturated heterocycles. The number of pyridine rings is 2. The number of carbonyl (C=O) groups is 1. The maximum atomic E-state index is 14.5. The van der Waals surface area contributed by atoms with Crippen molar-refractivity contribution in [1.82, 2.24) is 15.3 Å². The normalized spacial score (nSPS) is 12.6. The lowest BCUT2D eigenvalue weighted by atomic mass is 10.0. The van der Waals surface area contributed by atoms with Crippen LogP contribution in [0.3, 0.4) is 0 Å². The third-order valence-electron chi connectivity index (χ3n) is 4.26. The van der Waals surface area contributed by atoms with Crippen LogP contribution in [0.1, 0.15) is 37.9 Å². The molecule has 0 aliphatic heterocycles. The second kappa shape index (κ2) is 9.64. The van der Waals surface area contributed by atoms with Crippen LogP contribution in [0.15, 0.2) is 18.3 Å². The molecule has 0 saturated carbocycles. The van der Waals surface area contributed by atoms with Crippen LogP contribution in [-0.2, 0) is 0 Å². The zero-order valence-electron chi connectivity index (χ0n) is 16.3. The Morgan fingerprint density at radius 2 is 2.03 bits per heavy atom. The van der Waals surface area contributed by atoms with Crippen molar-refractivity contribution in [3.8, 4) is 6.07 Å². The molecule has 2 rings (SSSR count). The first kappa shape index (κ1) is 21.8. The highest BCUT2D eigenvalue weighted by Crippen LogP contribution is 2.25. The first-order valence-corrected chi connectivity index (χ1v) is 9.01. The predicted octanol–water partition coefficient (Wildman–Crippen LogP) is 3.92. The van der Waals surface area contributed by atoms with E-state index in [4.69, 9.17) is 5.11 Å². The standard InChI is InChI=1S/C19H22F2N6O2/c1-4-5-16(11(3)24-19(28)29)26-18-15(21)6-12(8-22)17(27-18)25-13-7-14(20)10(2)23-9-13/h6-7,9,11,16,24H,4-5H2,1-3H3,(H,28,29)(H2,25,26,27)/t11-,16-/m0/s1. The minimum Gasteiger partial charge on any atom is -0.465 e. The van der Waals surface area contributed by atoms with Crippen molar-refractivity contribution < 1.29 is 18.7 Å². The average Bonchev–Trinajstić information content (AvgIpc) is 2.66.